The summed E-state index contributed by atoms with van der Waals surface area (Å²) in [6.45, 7) is 4.74. The van der Waals surface area contributed by atoms with Gasteiger partial charge in [0.05, 0.1) is 5.75 Å². The van der Waals surface area contributed by atoms with Gasteiger partial charge in [0.25, 0.3) is 0 Å². The molecule has 1 saturated heterocycles. The fraction of sp³-hybridized carbons (Fsp3) is 1.00. The fourth-order valence-electron chi connectivity index (χ4n) is 1.53. The number of hydrogen-bond donors (Lipinski definition) is 2. The van der Waals surface area contributed by atoms with E-state index in [2.05, 4.69) is 9.62 Å². The molecule has 1 rings (SSSR count). The SMILES string of the molecule is CCS(=O)(=O)NCCN1CCC(N)C1.Cl. The summed E-state index contributed by atoms with van der Waals surface area (Å²) in [5, 5.41) is 0. The molecule has 0 aliphatic carbocycles. The fourth-order valence-corrected chi connectivity index (χ4v) is 2.13. The van der Waals surface area contributed by atoms with Crippen molar-refractivity contribution in [3.63, 3.8) is 0 Å². The summed E-state index contributed by atoms with van der Waals surface area (Å²) in [4.78, 5) is 2.18. The largest absolute Gasteiger partial charge is 0.326 e. The van der Waals surface area contributed by atoms with E-state index in [-0.39, 0.29) is 24.2 Å². The minimum Gasteiger partial charge on any atom is -0.326 e. The first-order valence-electron chi connectivity index (χ1n) is 4.99. The third kappa shape index (κ3) is 5.67. The van der Waals surface area contributed by atoms with Crippen LogP contribution in [-0.2, 0) is 10.0 Å². The Bertz CT molecular complexity index is 271. The minimum atomic E-state index is -3.03. The van der Waals surface area contributed by atoms with Crippen molar-refractivity contribution >= 4 is 22.4 Å². The summed E-state index contributed by atoms with van der Waals surface area (Å²) >= 11 is 0. The van der Waals surface area contributed by atoms with E-state index in [1.807, 2.05) is 0 Å². The van der Waals surface area contributed by atoms with Crippen molar-refractivity contribution in [2.24, 2.45) is 5.73 Å². The van der Waals surface area contributed by atoms with Crippen molar-refractivity contribution in [1.29, 1.82) is 0 Å². The molecule has 3 N–H and O–H groups in total. The summed E-state index contributed by atoms with van der Waals surface area (Å²) in [7, 11) is -3.03. The van der Waals surface area contributed by atoms with Crippen LogP contribution in [-0.4, -0.2) is 51.3 Å². The Morgan fingerprint density at radius 3 is 2.67 bits per heavy atom. The van der Waals surface area contributed by atoms with Crippen LogP contribution >= 0.6 is 12.4 Å². The van der Waals surface area contributed by atoms with Crippen molar-refractivity contribution < 1.29 is 8.42 Å². The van der Waals surface area contributed by atoms with Crippen LogP contribution in [0, 0.1) is 0 Å². The van der Waals surface area contributed by atoms with E-state index in [4.69, 9.17) is 5.73 Å². The molecule has 1 fully saturated rings. The number of likely N-dealkylation sites (tertiary alicyclic amines) is 1. The lowest BCUT2D eigenvalue weighted by Gasteiger charge is -2.14. The van der Waals surface area contributed by atoms with Gasteiger partial charge in [-0.2, -0.15) is 0 Å². The number of nitrogens with zero attached hydrogens (tertiary/aromatic N) is 1. The Morgan fingerprint density at radius 1 is 1.53 bits per heavy atom. The molecular formula is C8H20ClN3O2S. The van der Waals surface area contributed by atoms with Crippen LogP contribution in [0.2, 0.25) is 0 Å². The number of nitrogens with two attached hydrogens (primary N) is 1. The number of halogens is 1. The Balaban J connectivity index is 0.00000196. The summed E-state index contributed by atoms with van der Waals surface area (Å²) in [6.07, 6.45) is 1.01. The monoisotopic (exact) mass is 257 g/mol. The van der Waals surface area contributed by atoms with Crippen molar-refractivity contribution in [1.82, 2.24) is 9.62 Å². The lowest BCUT2D eigenvalue weighted by molar-refractivity contribution is 0.339. The smallest absolute Gasteiger partial charge is 0.211 e. The van der Waals surface area contributed by atoms with Crippen LogP contribution in [0.5, 0.6) is 0 Å². The highest BCUT2D eigenvalue weighted by molar-refractivity contribution is 7.89. The van der Waals surface area contributed by atoms with Gasteiger partial charge in [0.2, 0.25) is 10.0 Å². The predicted molar refractivity (Wildman–Crippen MR) is 63.7 cm³/mol. The van der Waals surface area contributed by atoms with E-state index in [1.165, 1.54) is 0 Å². The Kier molecular flexibility index (Phi) is 6.70. The van der Waals surface area contributed by atoms with Crippen molar-refractivity contribution in [3.8, 4) is 0 Å². The second-order valence-corrected chi connectivity index (χ2v) is 5.74. The summed E-state index contributed by atoms with van der Waals surface area (Å²) in [5.74, 6) is 0.145. The van der Waals surface area contributed by atoms with Crippen LogP contribution in [0.3, 0.4) is 0 Å². The van der Waals surface area contributed by atoms with Crippen LogP contribution in [0.15, 0.2) is 0 Å². The van der Waals surface area contributed by atoms with E-state index in [0.717, 1.165) is 26.1 Å². The molecular weight excluding hydrogens is 238 g/mol. The molecule has 7 heteroatoms. The molecule has 0 aromatic rings. The minimum absolute atomic E-state index is 0. The highest BCUT2D eigenvalue weighted by Crippen LogP contribution is 2.05. The Hall–Kier alpha value is 0.120. The zero-order valence-corrected chi connectivity index (χ0v) is 10.6. The zero-order valence-electron chi connectivity index (χ0n) is 8.98. The molecule has 15 heavy (non-hydrogen) atoms. The zero-order chi connectivity index (χ0) is 10.6. The molecule has 0 bridgehead atoms. The van der Waals surface area contributed by atoms with E-state index in [0.29, 0.717) is 6.54 Å². The number of rotatable bonds is 5. The second-order valence-electron chi connectivity index (χ2n) is 3.65. The molecule has 0 radical (unpaired) electrons. The standard InChI is InChI=1S/C8H19N3O2S.ClH/c1-2-14(12,13)10-4-6-11-5-3-8(9)7-11;/h8,10H,2-7,9H2,1H3;1H. The van der Waals surface area contributed by atoms with E-state index in [9.17, 15) is 8.42 Å². The van der Waals surface area contributed by atoms with E-state index >= 15 is 0 Å². The van der Waals surface area contributed by atoms with Gasteiger partial charge in [-0.1, -0.05) is 0 Å². The van der Waals surface area contributed by atoms with Gasteiger partial charge >= 0.3 is 0 Å². The normalized spacial score (nSPS) is 22.7. The van der Waals surface area contributed by atoms with Gasteiger partial charge in [-0.15, -0.1) is 12.4 Å². The van der Waals surface area contributed by atoms with Crippen LogP contribution < -0.4 is 10.5 Å². The topological polar surface area (TPSA) is 75.4 Å². The average Bonchev–Trinajstić information content (AvgIpc) is 2.51. The molecule has 5 nitrogen and oxygen atoms in total. The quantitative estimate of drug-likeness (QED) is 0.689. The van der Waals surface area contributed by atoms with E-state index in [1.54, 1.807) is 6.92 Å². The maximum atomic E-state index is 11.1. The number of sulfonamides is 1. The Labute approximate surface area is 97.9 Å². The summed E-state index contributed by atoms with van der Waals surface area (Å²) < 4.78 is 24.7. The summed E-state index contributed by atoms with van der Waals surface area (Å²) in [5.41, 5.74) is 5.73. The van der Waals surface area contributed by atoms with Crippen molar-refractivity contribution in [2.75, 3.05) is 31.9 Å². The first kappa shape index (κ1) is 15.1. The van der Waals surface area contributed by atoms with Gasteiger partial charge in [-0.25, -0.2) is 13.1 Å². The van der Waals surface area contributed by atoms with Gasteiger partial charge in [-0.05, 0) is 19.9 Å². The molecule has 1 aliphatic rings. The third-order valence-corrected chi connectivity index (χ3v) is 3.84. The first-order valence-corrected chi connectivity index (χ1v) is 6.64. The second kappa shape index (κ2) is 6.65. The molecule has 1 atom stereocenters. The molecule has 1 aliphatic heterocycles. The van der Waals surface area contributed by atoms with Gasteiger partial charge in [0, 0.05) is 25.7 Å². The van der Waals surface area contributed by atoms with Crippen LogP contribution in [0.25, 0.3) is 0 Å². The average molecular weight is 258 g/mol. The molecule has 1 unspecified atom stereocenters. The molecule has 0 saturated carbocycles. The summed E-state index contributed by atoms with van der Waals surface area (Å²) in [6, 6.07) is 0.262. The van der Waals surface area contributed by atoms with Gasteiger partial charge in [0.15, 0.2) is 0 Å². The van der Waals surface area contributed by atoms with Gasteiger partial charge in [-0.3, -0.25) is 0 Å². The molecule has 1 heterocycles. The molecule has 92 valence electrons. The van der Waals surface area contributed by atoms with E-state index < -0.39 is 10.0 Å². The highest BCUT2D eigenvalue weighted by atomic mass is 35.5. The van der Waals surface area contributed by atoms with Crippen molar-refractivity contribution in [3.05, 3.63) is 0 Å². The third-order valence-electron chi connectivity index (χ3n) is 2.44. The van der Waals surface area contributed by atoms with Crippen LogP contribution in [0.1, 0.15) is 13.3 Å². The van der Waals surface area contributed by atoms with Gasteiger partial charge in [0.1, 0.15) is 0 Å². The molecule has 0 aromatic carbocycles. The van der Waals surface area contributed by atoms with Gasteiger partial charge < -0.3 is 10.6 Å². The first-order chi connectivity index (χ1) is 6.53. The maximum absolute atomic E-state index is 11.1. The molecule has 0 aromatic heterocycles. The molecule has 0 spiro atoms. The lowest BCUT2D eigenvalue weighted by atomic mass is 10.3. The van der Waals surface area contributed by atoms with Crippen molar-refractivity contribution in [2.45, 2.75) is 19.4 Å². The highest BCUT2D eigenvalue weighted by Gasteiger charge is 2.18. The Morgan fingerprint density at radius 2 is 2.20 bits per heavy atom. The maximum Gasteiger partial charge on any atom is 0.211 e. The molecule has 0 amide bonds. The number of hydrogen-bond acceptors (Lipinski definition) is 4. The number of nitrogens with one attached hydrogen (secondary N) is 1. The van der Waals surface area contributed by atoms with Crippen LogP contribution in [0.4, 0.5) is 0 Å². The lowest BCUT2D eigenvalue weighted by Crippen LogP contribution is -2.35. The predicted octanol–water partition coefficient (Wildman–Crippen LogP) is -0.619.